The molecule has 0 aliphatic carbocycles. The molecular weight excluding hydrogens is 340 g/mol. The van der Waals surface area contributed by atoms with E-state index in [1.165, 1.54) is 5.56 Å². The van der Waals surface area contributed by atoms with Crippen molar-refractivity contribution in [3.8, 4) is 0 Å². The number of rotatable bonds is 5. The Morgan fingerprint density at radius 3 is 2.67 bits per heavy atom. The molecule has 4 rings (SSSR count). The Bertz CT molecular complexity index is 893. The molecule has 1 aliphatic rings. The lowest BCUT2D eigenvalue weighted by atomic mass is 10.2. The van der Waals surface area contributed by atoms with Crippen LogP contribution in [0.25, 0.3) is 0 Å². The molecule has 0 saturated heterocycles. The van der Waals surface area contributed by atoms with Crippen LogP contribution in [0.4, 0.5) is 0 Å². The zero-order chi connectivity index (χ0) is 18.5. The molecule has 1 N–H and O–H groups in total. The number of nitrogens with one attached hydrogen (secondary N) is 1. The second-order valence-corrected chi connectivity index (χ2v) is 6.59. The molecule has 0 saturated carbocycles. The fraction of sp³-hybridized carbons (Fsp3) is 0.300. The first-order chi connectivity index (χ1) is 13.3. The number of fused-ring (bicyclic) bond motifs is 1. The first-order valence-corrected chi connectivity index (χ1v) is 9.16. The van der Waals surface area contributed by atoms with Crippen LogP contribution in [0.15, 0.2) is 54.7 Å². The number of amides is 1. The minimum atomic E-state index is -0.202. The lowest BCUT2D eigenvalue weighted by molar-refractivity contribution is 0.0944. The Kier molecular flexibility index (Phi) is 5.20. The summed E-state index contributed by atoms with van der Waals surface area (Å²) in [4.78, 5) is 18.7. The molecule has 1 amide bonds. The number of hydrogen-bond donors (Lipinski definition) is 1. The Labute approximate surface area is 158 Å². The van der Waals surface area contributed by atoms with Crippen LogP contribution in [0.1, 0.15) is 27.7 Å². The molecule has 0 atom stereocenters. The van der Waals surface area contributed by atoms with Gasteiger partial charge in [0.25, 0.3) is 5.91 Å². The normalized spacial score (nSPS) is 14.4. The molecule has 7 heteroatoms. The fourth-order valence-electron chi connectivity index (χ4n) is 3.30. The maximum absolute atomic E-state index is 12.2. The third-order valence-corrected chi connectivity index (χ3v) is 4.75. The molecule has 0 bridgehead atoms. The van der Waals surface area contributed by atoms with Crippen LogP contribution in [-0.4, -0.2) is 43.6 Å². The van der Waals surface area contributed by atoms with E-state index in [0.29, 0.717) is 12.2 Å². The average molecular weight is 362 g/mol. The minimum absolute atomic E-state index is 0.202. The zero-order valence-corrected chi connectivity index (χ0v) is 15.1. The summed E-state index contributed by atoms with van der Waals surface area (Å²) in [6.07, 6.45) is 2.47. The summed E-state index contributed by atoms with van der Waals surface area (Å²) in [6.45, 7) is 3.99. The number of aromatic nitrogens is 4. The minimum Gasteiger partial charge on any atom is -0.343 e. The standard InChI is InChI=1S/C20H22N6O/c27-20(17-8-4-5-10-21-17)22-14-19-24-23-18-9-11-25(12-13-26(18)19)15-16-6-2-1-3-7-16/h1-8,10H,9,11-15H2,(H,22,27). The largest absolute Gasteiger partial charge is 0.343 e. The van der Waals surface area contributed by atoms with Gasteiger partial charge in [-0.15, -0.1) is 10.2 Å². The predicted molar refractivity (Wildman–Crippen MR) is 101 cm³/mol. The van der Waals surface area contributed by atoms with Crippen molar-refractivity contribution in [3.05, 3.63) is 77.6 Å². The van der Waals surface area contributed by atoms with Crippen LogP contribution in [-0.2, 0) is 26.1 Å². The first kappa shape index (κ1) is 17.4. The number of nitrogens with zero attached hydrogens (tertiary/aromatic N) is 5. The van der Waals surface area contributed by atoms with Crippen molar-refractivity contribution in [2.75, 3.05) is 13.1 Å². The van der Waals surface area contributed by atoms with Gasteiger partial charge >= 0.3 is 0 Å². The van der Waals surface area contributed by atoms with E-state index in [1.54, 1.807) is 24.4 Å². The summed E-state index contributed by atoms with van der Waals surface area (Å²) >= 11 is 0. The summed E-state index contributed by atoms with van der Waals surface area (Å²) in [5, 5.41) is 11.5. The molecule has 27 heavy (non-hydrogen) atoms. The fourth-order valence-corrected chi connectivity index (χ4v) is 3.30. The van der Waals surface area contributed by atoms with E-state index in [9.17, 15) is 4.79 Å². The molecule has 3 aromatic rings. The van der Waals surface area contributed by atoms with Gasteiger partial charge in [-0.3, -0.25) is 14.7 Å². The van der Waals surface area contributed by atoms with Crippen LogP contribution >= 0.6 is 0 Å². The number of carbonyl (C=O) groups excluding carboxylic acids is 1. The SMILES string of the molecule is O=C(NCc1nnc2n1CCN(Cc1ccccc1)CC2)c1ccccn1. The molecule has 0 unspecified atom stereocenters. The van der Waals surface area contributed by atoms with Crippen molar-refractivity contribution in [2.24, 2.45) is 0 Å². The van der Waals surface area contributed by atoms with Gasteiger partial charge in [-0.05, 0) is 17.7 Å². The molecule has 7 nitrogen and oxygen atoms in total. The van der Waals surface area contributed by atoms with Crippen molar-refractivity contribution < 1.29 is 4.79 Å². The van der Waals surface area contributed by atoms with Crippen LogP contribution in [0, 0.1) is 0 Å². The smallest absolute Gasteiger partial charge is 0.270 e. The molecule has 1 aliphatic heterocycles. The Balaban J connectivity index is 1.37. The van der Waals surface area contributed by atoms with Gasteiger partial charge in [0.1, 0.15) is 11.5 Å². The topological polar surface area (TPSA) is 75.9 Å². The van der Waals surface area contributed by atoms with E-state index in [0.717, 1.165) is 44.2 Å². The molecule has 138 valence electrons. The summed E-state index contributed by atoms with van der Waals surface area (Å²) in [5.74, 6) is 1.57. The Hall–Kier alpha value is -3.06. The molecule has 1 aromatic carbocycles. The molecular formula is C20H22N6O. The van der Waals surface area contributed by atoms with E-state index < -0.39 is 0 Å². The number of hydrogen-bond acceptors (Lipinski definition) is 5. The van der Waals surface area contributed by atoms with Gasteiger partial charge in [0.15, 0.2) is 5.82 Å². The lowest BCUT2D eigenvalue weighted by Gasteiger charge is -2.19. The van der Waals surface area contributed by atoms with Crippen molar-refractivity contribution in [2.45, 2.75) is 26.1 Å². The van der Waals surface area contributed by atoms with E-state index in [1.807, 2.05) is 6.07 Å². The van der Waals surface area contributed by atoms with E-state index in [4.69, 9.17) is 0 Å². The highest BCUT2D eigenvalue weighted by Gasteiger charge is 2.19. The van der Waals surface area contributed by atoms with Crippen LogP contribution in [0.2, 0.25) is 0 Å². The van der Waals surface area contributed by atoms with Gasteiger partial charge in [-0.1, -0.05) is 36.4 Å². The summed E-state index contributed by atoms with van der Waals surface area (Å²) < 4.78 is 2.13. The molecule has 3 heterocycles. The van der Waals surface area contributed by atoms with Gasteiger partial charge in [0.05, 0.1) is 6.54 Å². The number of pyridine rings is 1. The average Bonchev–Trinajstić information content (AvgIpc) is 3.00. The van der Waals surface area contributed by atoms with E-state index >= 15 is 0 Å². The van der Waals surface area contributed by atoms with Crippen molar-refractivity contribution >= 4 is 5.91 Å². The Morgan fingerprint density at radius 1 is 1.00 bits per heavy atom. The summed E-state index contributed by atoms with van der Waals surface area (Å²) in [6, 6.07) is 15.8. The summed E-state index contributed by atoms with van der Waals surface area (Å²) in [5.41, 5.74) is 1.72. The Morgan fingerprint density at radius 2 is 1.85 bits per heavy atom. The molecule has 0 spiro atoms. The lowest BCUT2D eigenvalue weighted by Crippen LogP contribution is -2.28. The highest BCUT2D eigenvalue weighted by Crippen LogP contribution is 2.12. The third kappa shape index (κ3) is 4.20. The van der Waals surface area contributed by atoms with Crippen LogP contribution < -0.4 is 5.32 Å². The van der Waals surface area contributed by atoms with Crippen LogP contribution in [0.5, 0.6) is 0 Å². The van der Waals surface area contributed by atoms with Gasteiger partial charge in [0, 0.05) is 38.8 Å². The van der Waals surface area contributed by atoms with Gasteiger partial charge in [-0.2, -0.15) is 0 Å². The highest BCUT2D eigenvalue weighted by atomic mass is 16.1. The maximum atomic E-state index is 12.2. The van der Waals surface area contributed by atoms with Crippen molar-refractivity contribution in [1.29, 1.82) is 0 Å². The second-order valence-electron chi connectivity index (χ2n) is 6.59. The van der Waals surface area contributed by atoms with E-state index in [-0.39, 0.29) is 5.91 Å². The summed E-state index contributed by atoms with van der Waals surface area (Å²) in [7, 11) is 0. The van der Waals surface area contributed by atoms with Crippen molar-refractivity contribution in [3.63, 3.8) is 0 Å². The molecule has 2 aromatic heterocycles. The maximum Gasteiger partial charge on any atom is 0.270 e. The molecule has 0 radical (unpaired) electrons. The second kappa shape index (κ2) is 8.09. The zero-order valence-electron chi connectivity index (χ0n) is 15.1. The van der Waals surface area contributed by atoms with Gasteiger partial charge in [0.2, 0.25) is 0 Å². The highest BCUT2D eigenvalue weighted by molar-refractivity contribution is 5.92. The number of benzene rings is 1. The molecule has 0 fully saturated rings. The van der Waals surface area contributed by atoms with Gasteiger partial charge < -0.3 is 9.88 Å². The van der Waals surface area contributed by atoms with Crippen molar-refractivity contribution in [1.82, 2.24) is 30.0 Å². The monoisotopic (exact) mass is 362 g/mol. The predicted octanol–water partition coefficient (Wildman–Crippen LogP) is 1.66. The van der Waals surface area contributed by atoms with Gasteiger partial charge in [-0.25, -0.2) is 0 Å². The van der Waals surface area contributed by atoms with E-state index in [2.05, 4.69) is 54.2 Å². The van der Waals surface area contributed by atoms with Crippen LogP contribution in [0.3, 0.4) is 0 Å². The first-order valence-electron chi connectivity index (χ1n) is 9.16. The number of carbonyl (C=O) groups is 1. The third-order valence-electron chi connectivity index (χ3n) is 4.75. The quantitative estimate of drug-likeness (QED) is 0.747.